The molecule has 0 radical (unpaired) electrons. The second-order valence-electron chi connectivity index (χ2n) is 7.73. The van der Waals surface area contributed by atoms with Gasteiger partial charge in [-0.05, 0) is 59.7 Å². The quantitative estimate of drug-likeness (QED) is 0.766. The first-order chi connectivity index (χ1) is 11.7. The second kappa shape index (κ2) is 7.95. The minimum Gasteiger partial charge on any atom is -0.443 e. The van der Waals surface area contributed by atoms with Gasteiger partial charge in [0.05, 0.1) is 5.54 Å². The number of rotatable bonds is 2. The van der Waals surface area contributed by atoms with Crippen molar-refractivity contribution < 1.29 is 19.1 Å². The van der Waals surface area contributed by atoms with Crippen molar-refractivity contribution in [2.45, 2.75) is 52.7 Å². The SMILES string of the molecule is CNC(=O)c1cc(Cl)cc(C(=O)N(NC(=O)OC(C)(C)C)C(C)(C)C)c1. The lowest BCUT2D eigenvalue weighted by atomic mass is 10.0. The maximum absolute atomic E-state index is 13.0. The number of hydrogen-bond donors (Lipinski definition) is 2. The first kappa shape index (κ1) is 21.8. The zero-order chi connectivity index (χ0) is 20.3. The molecule has 7 nitrogen and oxygen atoms in total. The molecule has 1 aromatic rings. The molecule has 1 aromatic carbocycles. The van der Waals surface area contributed by atoms with Gasteiger partial charge in [-0.25, -0.2) is 15.2 Å². The highest BCUT2D eigenvalue weighted by Gasteiger charge is 2.31. The molecule has 0 heterocycles. The van der Waals surface area contributed by atoms with E-state index in [2.05, 4.69) is 10.7 Å². The Balaban J connectivity index is 3.20. The zero-order valence-electron chi connectivity index (χ0n) is 16.2. The summed E-state index contributed by atoms with van der Waals surface area (Å²) in [5.41, 5.74) is 1.43. The van der Waals surface area contributed by atoms with Crippen molar-refractivity contribution >= 4 is 29.5 Å². The van der Waals surface area contributed by atoms with Crippen molar-refractivity contribution in [1.29, 1.82) is 0 Å². The standard InChI is InChI=1S/C18H26ClN3O4/c1-17(2,3)22(21-16(25)26-18(4,5)6)15(24)12-8-11(14(23)20-7)9-13(19)10-12/h8-10H,1-7H3,(H,20,23)(H,21,25). The van der Waals surface area contributed by atoms with E-state index in [0.717, 1.165) is 5.01 Å². The molecule has 0 aliphatic heterocycles. The van der Waals surface area contributed by atoms with Gasteiger partial charge in [-0.2, -0.15) is 0 Å². The Morgan fingerprint density at radius 2 is 1.54 bits per heavy atom. The van der Waals surface area contributed by atoms with Gasteiger partial charge in [-0.3, -0.25) is 9.59 Å². The van der Waals surface area contributed by atoms with Crippen molar-refractivity contribution in [1.82, 2.24) is 15.8 Å². The molecule has 0 aliphatic carbocycles. The van der Waals surface area contributed by atoms with Gasteiger partial charge in [0.15, 0.2) is 0 Å². The summed E-state index contributed by atoms with van der Waals surface area (Å²) in [5.74, 6) is -0.889. The average Bonchev–Trinajstić information content (AvgIpc) is 2.47. The Labute approximate surface area is 159 Å². The van der Waals surface area contributed by atoms with Crippen molar-refractivity contribution in [2.24, 2.45) is 0 Å². The Kier molecular flexibility index (Phi) is 6.65. The molecule has 0 spiro atoms. The van der Waals surface area contributed by atoms with Crippen molar-refractivity contribution in [3.63, 3.8) is 0 Å². The summed E-state index contributed by atoms with van der Waals surface area (Å²) in [7, 11) is 1.48. The number of carbonyl (C=O) groups is 3. The largest absolute Gasteiger partial charge is 0.443 e. The number of carbonyl (C=O) groups excluding carboxylic acids is 3. The van der Waals surface area contributed by atoms with Gasteiger partial charge in [0.25, 0.3) is 11.8 Å². The highest BCUT2D eigenvalue weighted by Crippen LogP contribution is 2.20. The molecule has 0 unspecified atom stereocenters. The molecule has 0 saturated heterocycles. The highest BCUT2D eigenvalue weighted by atomic mass is 35.5. The Morgan fingerprint density at radius 1 is 1.00 bits per heavy atom. The van der Waals surface area contributed by atoms with E-state index >= 15 is 0 Å². The third kappa shape index (κ3) is 6.22. The van der Waals surface area contributed by atoms with E-state index in [1.165, 1.54) is 25.2 Å². The number of ether oxygens (including phenoxy) is 1. The fourth-order valence-corrected chi connectivity index (χ4v) is 2.27. The van der Waals surface area contributed by atoms with Crippen LogP contribution in [0.5, 0.6) is 0 Å². The van der Waals surface area contributed by atoms with Gasteiger partial charge in [-0.1, -0.05) is 11.6 Å². The third-order valence-electron chi connectivity index (χ3n) is 3.11. The molecule has 2 N–H and O–H groups in total. The third-order valence-corrected chi connectivity index (χ3v) is 3.33. The fourth-order valence-electron chi connectivity index (χ4n) is 2.03. The Bertz CT molecular complexity index is 705. The molecular formula is C18H26ClN3O4. The monoisotopic (exact) mass is 383 g/mol. The molecule has 26 heavy (non-hydrogen) atoms. The predicted molar refractivity (Wildman–Crippen MR) is 100 cm³/mol. The van der Waals surface area contributed by atoms with Crippen LogP contribution in [0.25, 0.3) is 0 Å². The fraction of sp³-hybridized carbons (Fsp3) is 0.500. The van der Waals surface area contributed by atoms with Gasteiger partial charge in [0, 0.05) is 23.2 Å². The summed E-state index contributed by atoms with van der Waals surface area (Å²) in [6, 6.07) is 4.31. The van der Waals surface area contributed by atoms with E-state index in [1.54, 1.807) is 41.5 Å². The smallest absolute Gasteiger partial charge is 0.426 e. The van der Waals surface area contributed by atoms with Gasteiger partial charge in [0.2, 0.25) is 0 Å². The highest BCUT2D eigenvalue weighted by molar-refractivity contribution is 6.31. The van der Waals surface area contributed by atoms with Gasteiger partial charge >= 0.3 is 6.09 Å². The lowest BCUT2D eigenvalue weighted by molar-refractivity contribution is 0.0118. The molecule has 1 rings (SSSR count). The number of halogens is 1. The van der Waals surface area contributed by atoms with E-state index < -0.39 is 23.1 Å². The summed E-state index contributed by atoms with van der Waals surface area (Å²) in [6.45, 7) is 10.4. The van der Waals surface area contributed by atoms with Crippen LogP contribution in [-0.4, -0.2) is 41.1 Å². The van der Waals surface area contributed by atoms with Crippen LogP contribution < -0.4 is 10.7 Å². The molecule has 0 saturated carbocycles. The van der Waals surface area contributed by atoms with Crippen LogP contribution in [0.1, 0.15) is 62.3 Å². The summed E-state index contributed by atoms with van der Waals surface area (Å²) >= 11 is 6.04. The van der Waals surface area contributed by atoms with Crippen LogP contribution in [0.15, 0.2) is 18.2 Å². The number of amides is 3. The van der Waals surface area contributed by atoms with Crippen molar-refractivity contribution in [3.8, 4) is 0 Å². The Morgan fingerprint density at radius 3 is 2.00 bits per heavy atom. The van der Waals surface area contributed by atoms with E-state index in [0.29, 0.717) is 0 Å². The average molecular weight is 384 g/mol. The first-order valence-electron chi connectivity index (χ1n) is 8.11. The van der Waals surface area contributed by atoms with Crippen LogP contribution in [0.2, 0.25) is 5.02 Å². The van der Waals surface area contributed by atoms with Gasteiger partial charge in [0.1, 0.15) is 5.60 Å². The number of nitrogens with zero attached hydrogens (tertiary/aromatic N) is 1. The van der Waals surface area contributed by atoms with Crippen LogP contribution in [0.4, 0.5) is 4.79 Å². The number of hydrogen-bond acceptors (Lipinski definition) is 4. The molecule has 8 heteroatoms. The number of benzene rings is 1. The first-order valence-corrected chi connectivity index (χ1v) is 8.49. The molecule has 3 amide bonds. The second-order valence-corrected chi connectivity index (χ2v) is 8.17. The van der Waals surface area contributed by atoms with Crippen molar-refractivity contribution in [2.75, 3.05) is 7.05 Å². The molecule has 0 aromatic heterocycles. The minimum atomic E-state index is -0.755. The maximum atomic E-state index is 13.0. The zero-order valence-corrected chi connectivity index (χ0v) is 16.9. The summed E-state index contributed by atoms with van der Waals surface area (Å²) in [5, 5.41) is 3.87. The molecule has 0 aliphatic rings. The summed E-state index contributed by atoms with van der Waals surface area (Å²) in [4.78, 5) is 37.0. The molecule has 0 fully saturated rings. The molecular weight excluding hydrogens is 358 g/mol. The van der Waals surface area contributed by atoms with E-state index in [4.69, 9.17) is 16.3 Å². The lowest BCUT2D eigenvalue weighted by Crippen LogP contribution is -2.56. The van der Waals surface area contributed by atoms with Crippen LogP contribution in [-0.2, 0) is 4.74 Å². The summed E-state index contributed by atoms with van der Waals surface area (Å²) in [6.07, 6.45) is -0.755. The number of nitrogens with one attached hydrogen (secondary N) is 2. The maximum Gasteiger partial charge on any atom is 0.426 e. The summed E-state index contributed by atoms with van der Waals surface area (Å²) < 4.78 is 5.22. The van der Waals surface area contributed by atoms with Gasteiger partial charge < -0.3 is 10.1 Å². The van der Waals surface area contributed by atoms with Crippen LogP contribution in [0, 0.1) is 0 Å². The molecule has 0 atom stereocenters. The number of hydrazine groups is 1. The van der Waals surface area contributed by atoms with E-state index in [1.807, 2.05) is 0 Å². The van der Waals surface area contributed by atoms with E-state index in [-0.39, 0.29) is 22.1 Å². The molecule has 0 bridgehead atoms. The minimum absolute atomic E-state index is 0.169. The molecule has 144 valence electrons. The van der Waals surface area contributed by atoms with Crippen LogP contribution >= 0.6 is 11.6 Å². The lowest BCUT2D eigenvalue weighted by Gasteiger charge is -2.36. The normalized spacial score (nSPS) is 11.5. The Hall–Kier alpha value is -2.28. The van der Waals surface area contributed by atoms with Crippen LogP contribution in [0.3, 0.4) is 0 Å². The predicted octanol–water partition coefficient (Wildman–Crippen LogP) is 3.38. The van der Waals surface area contributed by atoms with Gasteiger partial charge in [-0.15, -0.1) is 0 Å². The van der Waals surface area contributed by atoms with Crippen molar-refractivity contribution in [3.05, 3.63) is 34.3 Å². The topological polar surface area (TPSA) is 87.7 Å². The van der Waals surface area contributed by atoms with E-state index in [9.17, 15) is 14.4 Å².